The van der Waals surface area contributed by atoms with Crippen LogP contribution >= 0.6 is 0 Å². The number of alkyl halides is 3. The molecule has 1 aromatic rings. The van der Waals surface area contributed by atoms with Crippen LogP contribution in [0.15, 0.2) is 12.3 Å². The highest BCUT2D eigenvalue weighted by Crippen LogP contribution is 2.32. The summed E-state index contributed by atoms with van der Waals surface area (Å²) in [7, 11) is 0. The third-order valence-electron chi connectivity index (χ3n) is 3.54. The fraction of sp³-hybridized carbons (Fsp3) is 0.538. The summed E-state index contributed by atoms with van der Waals surface area (Å²) in [5.74, 6) is -0.785. The van der Waals surface area contributed by atoms with Crippen molar-refractivity contribution in [2.45, 2.75) is 19.0 Å². The Morgan fingerprint density at radius 3 is 2.81 bits per heavy atom. The molecule has 8 heteroatoms. The van der Waals surface area contributed by atoms with Crippen molar-refractivity contribution in [2.24, 2.45) is 11.7 Å². The summed E-state index contributed by atoms with van der Waals surface area (Å²) >= 11 is 0. The molecule has 1 saturated heterocycles. The molecular weight excluding hydrogens is 287 g/mol. The molecule has 1 amide bonds. The van der Waals surface area contributed by atoms with E-state index in [-0.39, 0.29) is 23.9 Å². The lowest BCUT2D eigenvalue weighted by atomic mass is 9.98. The Balaban J connectivity index is 2.37. The second-order valence-corrected chi connectivity index (χ2v) is 5.09. The highest BCUT2D eigenvalue weighted by atomic mass is 19.4. The van der Waals surface area contributed by atoms with Gasteiger partial charge in [-0.2, -0.15) is 13.2 Å². The maximum atomic E-state index is 12.7. The average Bonchev–Trinajstić information content (AvgIpc) is 2.45. The minimum absolute atomic E-state index is 0.0109. The number of nitrogens with zero attached hydrogens (tertiary/aromatic N) is 2. The van der Waals surface area contributed by atoms with Crippen LogP contribution in [0.25, 0.3) is 0 Å². The Morgan fingerprint density at radius 2 is 2.24 bits per heavy atom. The number of nitrogens with two attached hydrogens (primary N) is 1. The summed E-state index contributed by atoms with van der Waals surface area (Å²) in [5.41, 5.74) is 3.93. The molecule has 0 aromatic carbocycles. The van der Waals surface area contributed by atoms with Gasteiger partial charge in [0, 0.05) is 25.9 Å². The summed E-state index contributed by atoms with van der Waals surface area (Å²) in [6, 6.07) is 0.729. The summed E-state index contributed by atoms with van der Waals surface area (Å²) in [6.07, 6.45) is -2.28. The second kappa shape index (κ2) is 5.88. The molecule has 0 radical (unpaired) electrons. The quantitative estimate of drug-likeness (QED) is 0.885. The van der Waals surface area contributed by atoms with Crippen LogP contribution in [0.5, 0.6) is 0 Å². The normalized spacial score (nSPS) is 19.6. The second-order valence-electron chi connectivity index (χ2n) is 5.09. The number of carbonyl (C=O) groups excluding carboxylic acids is 1. The topological polar surface area (TPSA) is 79.5 Å². The number of amides is 1. The van der Waals surface area contributed by atoms with Crippen molar-refractivity contribution in [1.29, 1.82) is 0 Å². The fourth-order valence-electron chi connectivity index (χ4n) is 2.45. The first-order chi connectivity index (χ1) is 9.82. The lowest BCUT2D eigenvalue weighted by molar-refractivity contribution is -0.137. The van der Waals surface area contributed by atoms with E-state index in [0.29, 0.717) is 19.3 Å². The van der Waals surface area contributed by atoms with Crippen LogP contribution in [-0.4, -0.2) is 35.7 Å². The molecule has 0 saturated carbocycles. The zero-order valence-corrected chi connectivity index (χ0v) is 11.2. The Kier molecular flexibility index (Phi) is 4.36. The molecule has 1 aliphatic rings. The Bertz CT molecular complexity index is 534. The van der Waals surface area contributed by atoms with Crippen molar-refractivity contribution in [2.75, 3.05) is 24.6 Å². The number of halogens is 3. The largest absolute Gasteiger partial charge is 0.417 e. The lowest BCUT2D eigenvalue weighted by Crippen LogP contribution is -2.38. The molecule has 3 N–H and O–H groups in total. The molecule has 1 fully saturated rings. The molecule has 2 rings (SSSR count). The van der Waals surface area contributed by atoms with Gasteiger partial charge in [-0.3, -0.25) is 4.79 Å². The van der Waals surface area contributed by atoms with E-state index in [1.165, 1.54) is 0 Å². The van der Waals surface area contributed by atoms with Crippen LogP contribution in [-0.2, 0) is 6.18 Å². The number of pyridine rings is 1. The summed E-state index contributed by atoms with van der Waals surface area (Å²) in [6.45, 7) is 0.993. The van der Waals surface area contributed by atoms with E-state index in [9.17, 15) is 23.1 Å². The first kappa shape index (κ1) is 15.6. The first-order valence-electron chi connectivity index (χ1n) is 6.55. The van der Waals surface area contributed by atoms with Crippen LogP contribution in [0.2, 0.25) is 0 Å². The van der Waals surface area contributed by atoms with Crippen molar-refractivity contribution < 1.29 is 23.1 Å². The molecule has 5 nitrogen and oxygen atoms in total. The number of primary amides is 1. The van der Waals surface area contributed by atoms with Crippen molar-refractivity contribution in [3.8, 4) is 0 Å². The van der Waals surface area contributed by atoms with Gasteiger partial charge >= 0.3 is 6.18 Å². The molecule has 116 valence electrons. The molecule has 2 heterocycles. The number of aliphatic hydroxyl groups is 1. The first-order valence-corrected chi connectivity index (χ1v) is 6.55. The van der Waals surface area contributed by atoms with Crippen molar-refractivity contribution >= 4 is 11.7 Å². The molecule has 0 unspecified atom stereocenters. The van der Waals surface area contributed by atoms with Crippen molar-refractivity contribution in [3.05, 3.63) is 23.4 Å². The number of piperidine rings is 1. The molecule has 0 spiro atoms. The van der Waals surface area contributed by atoms with Gasteiger partial charge in [0.2, 0.25) is 0 Å². The Morgan fingerprint density at radius 1 is 1.52 bits per heavy atom. The number of aromatic nitrogens is 1. The molecule has 21 heavy (non-hydrogen) atoms. The number of carbonyl (C=O) groups is 1. The van der Waals surface area contributed by atoms with E-state index >= 15 is 0 Å². The molecule has 0 aliphatic carbocycles. The summed E-state index contributed by atoms with van der Waals surface area (Å²) in [5, 5.41) is 9.20. The van der Waals surface area contributed by atoms with E-state index in [0.717, 1.165) is 18.9 Å². The van der Waals surface area contributed by atoms with Gasteiger partial charge in [-0.15, -0.1) is 0 Å². The number of rotatable bonds is 3. The maximum Gasteiger partial charge on any atom is 0.417 e. The van der Waals surface area contributed by atoms with Crippen LogP contribution in [0.3, 0.4) is 0 Å². The number of hydrogen-bond donors (Lipinski definition) is 2. The van der Waals surface area contributed by atoms with Crippen LogP contribution < -0.4 is 10.6 Å². The zero-order valence-electron chi connectivity index (χ0n) is 11.2. The standard InChI is InChI=1S/C13H16F3N3O2/c14-13(15,16)9-4-10(11(17)21)12(18-5-9)19-3-1-2-8(6-19)7-20/h4-5,8,20H,1-3,6-7H2,(H2,17,21)/t8-/m0/s1. The maximum absolute atomic E-state index is 12.7. The minimum Gasteiger partial charge on any atom is -0.396 e. The predicted molar refractivity (Wildman–Crippen MR) is 69.8 cm³/mol. The summed E-state index contributed by atoms with van der Waals surface area (Å²) < 4.78 is 38.0. The number of hydrogen-bond acceptors (Lipinski definition) is 4. The smallest absolute Gasteiger partial charge is 0.396 e. The van der Waals surface area contributed by atoms with Gasteiger partial charge in [0.05, 0.1) is 11.1 Å². The van der Waals surface area contributed by atoms with E-state index in [1.807, 2.05) is 0 Å². The van der Waals surface area contributed by atoms with Gasteiger partial charge in [0.15, 0.2) is 0 Å². The van der Waals surface area contributed by atoms with E-state index in [2.05, 4.69) is 4.98 Å². The third-order valence-corrected chi connectivity index (χ3v) is 3.54. The highest BCUT2D eigenvalue weighted by molar-refractivity contribution is 5.98. The van der Waals surface area contributed by atoms with Gasteiger partial charge in [-0.1, -0.05) is 0 Å². The van der Waals surface area contributed by atoms with E-state index in [1.54, 1.807) is 4.90 Å². The van der Waals surface area contributed by atoms with Gasteiger partial charge < -0.3 is 15.7 Å². The van der Waals surface area contributed by atoms with Crippen LogP contribution in [0.1, 0.15) is 28.8 Å². The molecule has 0 bridgehead atoms. The highest BCUT2D eigenvalue weighted by Gasteiger charge is 2.33. The number of anilines is 1. The van der Waals surface area contributed by atoms with E-state index < -0.39 is 17.6 Å². The van der Waals surface area contributed by atoms with Gasteiger partial charge in [-0.25, -0.2) is 4.98 Å². The zero-order chi connectivity index (χ0) is 15.6. The van der Waals surface area contributed by atoms with Gasteiger partial charge in [0.1, 0.15) is 5.82 Å². The minimum atomic E-state index is -4.58. The molecule has 1 aliphatic heterocycles. The van der Waals surface area contributed by atoms with E-state index in [4.69, 9.17) is 5.73 Å². The third kappa shape index (κ3) is 3.44. The molecular formula is C13H16F3N3O2. The summed E-state index contributed by atoms with van der Waals surface area (Å²) in [4.78, 5) is 16.9. The van der Waals surface area contributed by atoms with Crippen molar-refractivity contribution in [1.82, 2.24) is 4.98 Å². The van der Waals surface area contributed by atoms with Crippen LogP contribution in [0.4, 0.5) is 19.0 Å². The van der Waals surface area contributed by atoms with Gasteiger partial charge in [-0.05, 0) is 24.8 Å². The SMILES string of the molecule is NC(=O)c1cc(C(F)(F)F)cnc1N1CCC[C@H](CO)C1. The lowest BCUT2D eigenvalue weighted by Gasteiger charge is -2.33. The molecule has 1 atom stereocenters. The fourth-order valence-corrected chi connectivity index (χ4v) is 2.45. The predicted octanol–water partition coefficient (Wildman–Crippen LogP) is 1.41. The van der Waals surface area contributed by atoms with Gasteiger partial charge in [0.25, 0.3) is 5.91 Å². The van der Waals surface area contributed by atoms with Crippen molar-refractivity contribution in [3.63, 3.8) is 0 Å². The Hall–Kier alpha value is -1.83. The molecule has 1 aromatic heterocycles. The average molecular weight is 303 g/mol. The number of aliphatic hydroxyl groups excluding tert-OH is 1. The Labute approximate surface area is 119 Å². The monoisotopic (exact) mass is 303 g/mol. The van der Waals surface area contributed by atoms with Crippen LogP contribution in [0, 0.1) is 5.92 Å².